The predicted molar refractivity (Wildman–Crippen MR) is 118 cm³/mol. The Hall–Kier alpha value is -0.680. The number of hydroxylamine groups is 2. The summed E-state index contributed by atoms with van der Waals surface area (Å²) in [6, 6.07) is 8.25. The highest BCUT2D eigenvalue weighted by Gasteiger charge is 2.45. The molecule has 1 aromatic rings. The Labute approximate surface area is 188 Å². The van der Waals surface area contributed by atoms with E-state index in [1.54, 1.807) is 0 Å². The summed E-state index contributed by atoms with van der Waals surface area (Å²) < 4.78 is 5.66. The average molecular weight is 466 g/mol. The molecule has 2 rings (SSSR count). The van der Waals surface area contributed by atoms with Crippen LogP contribution in [0.25, 0.3) is 0 Å². The molecule has 0 radical (unpaired) electrons. The van der Waals surface area contributed by atoms with E-state index in [0.717, 1.165) is 37.2 Å². The number of halogens is 2. The largest absolute Gasteiger partial charge is 0.388 e. The molecule has 1 heterocycles. The summed E-state index contributed by atoms with van der Waals surface area (Å²) in [5.74, 6) is 1.08. The lowest BCUT2D eigenvalue weighted by atomic mass is 9.98. The highest BCUT2D eigenvalue weighted by Crippen LogP contribution is 2.24. The maximum absolute atomic E-state index is 10.3. The number of aliphatic hydroxyl groups is 3. The second-order valence-electron chi connectivity index (χ2n) is 7.23. The Balaban J connectivity index is 1.91. The summed E-state index contributed by atoms with van der Waals surface area (Å²) in [5.41, 5.74) is 7.84. The van der Waals surface area contributed by atoms with Crippen molar-refractivity contribution >= 4 is 28.9 Å². The minimum atomic E-state index is -1.36. The molecular formula is C20H33Cl2N3O5. The van der Waals surface area contributed by atoms with Gasteiger partial charge in [0.2, 0.25) is 0 Å². The number of alkyl halides is 2. The summed E-state index contributed by atoms with van der Waals surface area (Å²) in [5, 5.41) is 31.8. The van der Waals surface area contributed by atoms with Gasteiger partial charge >= 0.3 is 0 Å². The number of aryl methyl sites for hydroxylation is 1. The van der Waals surface area contributed by atoms with Crippen LogP contribution in [0.3, 0.4) is 0 Å². The van der Waals surface area contributed by atoms with Gasteiger partial charge in [-0.1, -0.05) is 12.1 Å². The van der Waals surface area contributed by atoms with Crippen molar-refractivity contribution in [3.63, 3.8) is 0 Å². The van der Waals surface area contributed by atoms with Crippen molar-refractivity contribution in [1.82, 2.24) is 5.06 Å². The van der Waals surface area contributed by atoms with E-state index in [9.17, 15) is 15.3 Å². The second-order valence-corrected chi connectivity index (χ2v) is 7.99. The summed E-state index contributed by atoms with van der Waals surface area (Å²) in [4.78, 5) is 7.51. The predicted octanol–water partition coefficient (Wildman–Crippen LogP) is 0.533. The minimum Gasteiger partial charge on any atom is -0.388 e. The molecule has 172 valence electrons. The first-order chi connectivity index (χ1) is 14.5. The number of aliphatic hydroxyl groups excluding tert-OH is 3. The number of benzene rings is 1. The van der Waals surface area contributed by atoms with Gasteiger partial charge in [-0.2, -0.15) is 5.06 Å². The van der Waals surface area contributed by atoms with Crippen molar-refractivity contribution in [2.45, 2.75) is 43.5 Å². The molecular weight excluding hydrogens is 433 g/mol. The lowest BCUT2D eigenvalue weighted by molar-refractivity contribution is -0.323. The molecule has 1 unspecified atom stereocenters. The topological polar surface area (TPSA) is 112 Å². The van der Waals surface area contributed by atoms with Crippen molar-refractivity contribution in [3.8, 4) is 0 Å². The van der Waals surface area contributed by atoms with E-state index in [1.165, 1.54) is 12.2 Å². The third kappa shape index (κ3) is 6.66. The van der Waals surface area contributed by atoms with Crippen LogP contribution < -0.4 is 10.6 Å². The third-order valence-corrected chi connectivity index (χ3v) is 5.63. The smallest absolute Gasteiger partial charge is 0.161 e. The van der Waals surface area contributed by atoms with Crippen LogP contribution in [-0.2, 0) is 16.0 Å². The van der Waals surface area contributed by atoms with Crippen molar-refractivity contribution in [2.24, 2.45) is 5.73 Å². The molecule has 1 aromatic carbocycles. The fraction of sp³-hybridized carbons (Fsp3) is 0.700. The fourth-order valence-corrected chi connectivity index (χ4v) is 3.98. The van der Waals surface area contributed by atoms with E-state index >= 15 is 0 Å². The molecule has 0 aromatic heterocycles. The number of hydrogen-bond donors (Lipinski definition) is 4. The highest BCUT2D eigenvalue weighted by molar-refractivity contribution is 6.18. The van der Waals surface area contributed by atoms with Crippen LogP contribution >= 0.6 is 23.2 Å². The first-order valence-electron chi connectivity index (χ1n) is 10.1. The molecule has 1 saturated heterocycles. The monoisotopic (exact) mass is 465 g/mol. The molecule has 1 aliphatic heterocycles. The van der Waals surface area contributed by atoms with Crippen LogP contribution in [0.1, 0.15) is 12.0 Å². The number of hydrogen-bond acceptors (Lipinski definition) is 8. The Morgan fingerprint density at radius 3 is 2.17 bits per heavy atom. The summed E-state index contributed by atoms with van der Waals surface area (Å²) in [7, 11) is 1.47. The molecule has 0 amide bonds. The van der Waals surface area contributed by atoms with Gasteiger partial charge in [-0.3, -0.25) is 4.84 Å². The number of ether oxygens (including phenoxy) is 1. The van der Waals surface area contributed by atoms with E-state index in [0.29, 0.717) is 18.3 Å². The Kier molecular flexibility index (Phi) is 11.1. The van der Waals surface area contributed by atoms with E-state index < -0.39 is 30.6 Å². The normalized spacial score (nSPS) is 26.9. The van der Waals surface area contributed by atoms with Crippen molar-refractivity contribution in [2.75, 3.05) is 49.9 Å². The van der Waals surface area contributed by atoms with Gasteiger partial charge in [-0.15, -0.1) is 23.2 Å². The molecule has 10 heteroatoms. The van der Waals surface area contributed by atoms with Gasteiger partial charge in [0.15, 0.2) is 6.23 Å². The standard InChI is InChI=1S/C20H33Cl2N3O5/c1-29-25(20-19(28)18(27)17(26)16(13-23)30-20)10-2-3-14-4-6-15(7-5-14)24(11-8-21)12-9-22/h4-7,16-20,26-28H,2-3,8-13,23H2,1H3/t16-,17-,18+,19-,20?/m1/s1. The SMILES string of the molecule is CON(CCCc1ccc(N(CCCl)CCCl)cc1)C1O[C@H](CN)[C@@H](O)[C@H](O)[C@H]1O. The maximum Gasteiger partial charge on any atom is 0.161 e. The van der Waals surface area contributed by atoms with Crippen LogP contribution in [0.2, 0.25) is 0 Å². The molecule has 0 bridgehead atoms. The summed E-state index contributed by atoms with van der Waals surface area (Å²) >= 11 is 11.7. The molecule has 0 saturated carbocycles. The maximum atomic E-state index is 10.3. The van der Waals surface area contributed by atoms with Crippen LogP contribution in [0.15, 0.2) is 24.3 Å². The van der Waals surface area contributed by atoms with Gasteiger partial charge < -0.3 is 30.7 Å². The summed E-state index contributed by atoms with van der Waals surface area (Å²) in [6.45, 7) is 1.97. The van der Waals surface area contributed by atoms with E-state index in [1.807, 2.05) is 0 Å². The molecule has 5 atom stereocenters. The molecule has 5 N–H and O–H groups in total. The zero-order valence-electron chi connectivity index (χ0n) is 17.2. The Morgan fingerprint density at radius 2 is 1.63 bits per heavy atom. The van der Waals surface area contributed by atoms with E-state index in [4.69, 9.17) is 38.5 Å². The average Bonchev–Trinajstić information content (AvgIpc) is 2.76. The lowest BCUT2D eigenvalue weighted by Gasteiger charge is -2.43. The molecule has 0 spiro atoms. The van der Waals surface area contributed by atoms with Crippen molar-refractivity contribution in [3.05, 3.63) is 29.8 Å². The number of nitrogens with zero attached hydrogens (tertiary/aromatic N) is 2. The number of rotatable bonds is 12. The molecule has 30 heavy (non-hydrogen) atoms. The summed E-state index contributed by atoms with van der Waals surface area (Å²) in [6.07, 6.45) is -4.07. The second kappa shape index (κ2) is 13.0. The minimum absolute atomic E-state index is 0.0236. The van der Waals surface area contributed by atoms with Crippen LogP contribution in [-0.4, -0.2) is 96.1 Å². The van der Waals surface area contributed by atoms with Crippen LogP contribution in [0.5, 0.6) is 0 Å². The van der Waals surface area contributed by atoms with E-state index in [-0.39, 0.29) is 6.54 Å². The van der Waals surface area contributed by atoms with Crippen LogP contribution in [0, 0.1) is 0 Å². The highest BCUT2D eigenvalue weighted by atomic mass is 35.5. The van der Waals surface area contributed by atoms with E-state index in [2.05, 4.69) is 29.2 Å². The first-order valence-corrected chi connectivity index (χ1v) is 11.2. The quantitative estimate of drug-likeness (QED) is 0.261. The molecule has 1 fully saturated rings. The molecule has 0 aliphatic carbocycles. The number of anilines is 1. The third-order valence-electron chi connectivity index (χ3n) is 5.29. The zero-order valence-corrected chi connectivity index (χ0v) is 18.8. The van der Waals surface area contributed by atoms with Crippen LogP contribution in [0.4, 0.5) is 5.69 Å². The van der Waals surface area contributed by atoms with Gasteiger partial charge in [0, 0.05) is 43.6 Å². The van der Waals surface area contributed by atoms with Gasteiger partial charge in [0.25, 0.3) is 0 Å². The van der Waals surface area contributed by atoms with Gasteiger partial charge in [0.05, 0.1) is 7.11 Å². The van der Waals surface area contributed by atoms with Crippen molar-refractivity contribution < 1.29 is 24.9 Å². The lowest BCUT2D eigenvalue weighted by Crippen LogP contribution is -2.63. The Morgan fingerprint density at radius 1 is 1.00 bits per heavy atom. The van der Waals surface area contributed by atoms with Gasteiger partial charge in [-0.05, 0) is 30.5 Å². The van der Waals surface area contributed by atoms with Crippen molar-refractivity contribution in [1.29, 1.82) is 0 Å². The van der Waals surface area contributed by atoms with Gasteiger partial charge in [-0.25, -0.2) is 0 Å². The number of nitrogens with two attached hydrogens (primary N) is 1. The molecule has 1 aliphatic rings. The zero-order chi connectivity index (χ0) is 22.1. The van der Waals surface area contributed by atoms with Gasteiger partial charge in [0.1, 0.15) is 24.4 Å². The molecule has 8 nitrogen and oxygen atoms in total. The first kappa shape index (κ1) is 25.6. The fourth-order valence-electron chi connectivity index (χ4n) is 3.57. The Bertz CT molecular complexity index is 605.